The maximum atomic E-state index is 12.9. The van der Waals surface area contributed by atoms with Gasteiger partial charge in [-0.15, -0.1) is 0 Å². The minimum atomic E-state index is -1.36. The van der Waals surface area contributed by atoms with Gasteiger partial charge in [0.2, 0.25) is 5.95 Å². The highest BCUT2D eigenvalue weighted by Gasteiger charge is 2.44. The summed E-state index contributed by atoms with van der Waals surface area (Å²) in [7, 11) is 0. The molecule has 0 spiro atoms. The van der Waals surface area contributed by atoms with E-state index in [1.165, 1.54) is 27.6 Å². The Bertz CT molecular complexity index is 1170. The Morgan fingerprint density at radius 3 is 2.55 bits per heavy atom. The largest absolute Gasteiger partial charge is 0.394 e. The highest BCUT2D eigenvalue weighted by atomic mass is 16.6. The van der Waals surface area contributed by atoms with Crippen LogP contribution < -0.4 is 11.3 Å². The molecule has 4 rings (SSSR count). The monoisotopic (exact) mass is 432 g/mol. The molecule has 13 heteroatoms. The van der Waals surface area contributed by atoms with E-state index < -0.39 is 41.6 Å². The predicted octanol–water partition coefficient (Wildman–Crippen LogP) is -1.06. The molecule has 4 atom stereocenters. The lowest BCUT2D eigenvalue weighted by molar-refractivity contribution is -0.384. The van der Waals surface area contributed by atoms with Gasteiger partial charge in [-0.25, -0.2) is 4.98 Å². The SMILES string of the molecule is Nc1nc2c(ncn2[C@@H]2O[C@H](CO)C(O)C2O)c(=O)n1CCc1ccc([N+](=O)[O-])cc1. The normalized spacial score (nSPS) is 23.5. The van der Waals surface area contributed by atoms with E-state index >= 15 is 0 Å². The standard InChI is InChI=1S/C18H20N6O7/c19-18-21-15-12(20-8-23(15)17-14(27)13(26)11(7-25)31-17)16(28)22(18)6-5-9-1-3-10(4-2-9)24(29)30/h1-4,8,11,13-14,17,25-27H,5-7H2,(H2,19,21)/t11-,13?,14?,17-/m1/s1. The molecular formula is C18H20N6O7. The number of rotatable bonds is 6. The Labute approximate surface area is 174 Å². The molecule has 13 nitrogen and oxygen atoms in total. The minimum absolute atomic E-state index is 0.00404. The van der Waals surface area contributed by atoms with Gasteiger partial charge in [-0.05, 0) is 12.0 Å². The molecule has 0 amide bonds. The quantitative estimate of drug-likeness (QED) is 0.275. The molecule has 5 N–H and O–H groups in total. The number of nitrogens with zero attached hydrogens (tertiary/aromatic N) is 5. The van der Waals surface area contributed by atoms with Crippen molar-refractivity contribution >= 4 is 22.8 Å². The Morgan fingerprint density at radius 2 is 1.94 bits per heavy atom. The molecule has 0 saturated carbocycles. The van der Waals surface area contributed by atoms with E-state index in [1.54, 1.807) is 12.1 Å². The van der Waals surface area contributed by atoms with Crippen LogP contribution in [0, 0.1) is 10.1 Å². The first-order valence-corrected chi connectivity index (χ1v) is 9.40. The van der Waals surface area contributed by atoms with Crippen LogP contribution in [0.25, 0.3) is 11.2 Å². The highest BCUT2D eigenvalue weighted by molar-refractivity contribution is 5.71. The van der Waals surface area contributed by atoms with E-state index in [2.05, 4.69) is 9.97 Å². The zero-order chi connectivity index (χ0) is 22.3. The minimum Gasteiger partial charge on any atom is -0.394 e. The zero-order valence-electron chi connectivity index (χ0n) is 16.1. The summed E-state index contributed by atoms with van der Waals surface area (Å²) in [6.07, 6.45) is -3.13. The first-order valence-electron chi connectivity index (χ1n) is 9.40. The van der Waals surface area contributed by atoms with E-state index in [1.807, 2.05) is 0 Å². The Kier molecular flexibility index (Phi) is 5.41. The summed E-state index contributed by atoms with van der Waals surface area (Å²) in [6.45, 7) is -0.321. The number of imidazole rings is 1. The van der Waals surface area contributed by atoms with Gasteiger partial charge in [0.05, 0.1) is 17.9 Å². The number of ether oxygens (including phenoxy) is 1. The van der Waals surface area contributed by atoms with Gasteiger partial charge >= 0.3 is 0 Å². The number of fused-ring (bicyclic) bond motifs is 1. The summed E-state index contributed by atoms with van der Waals surface area (Å²) in [6, 6.07) is 5.96. The molecule has 2 unspecified atom stereocenters. The topological polar surface area (TPSA) is 192 Å². The van der Waals surface area contributed by atoms with Crippen molar-refractivity contribution in [3.8, 4) is 0 Å². The Balaban J connectivity index is 1.61. The van der Waals surface area contributed by atoms with Crippen molar-refractivity contribution in [1.29, 1.82) is 0 Å². The number of nitro benzene ring substituents is 1. The van der Waals surface area contributed by atoms with Gasteiger partial charge in [0.1, 0.15) is 18.3 Å². The first kappa shape index (κ1) is 20.9. The van der Waals surface area contributed by atoms with Crippen LogP contribution in [0.2, 0.25) is 0 Å². The third kappa shape index (κ3) is 3.63. The summed E-state index contributed by atoms with van der Waals surface area (Å²) in [5, 5.41) is 40.2. The van der Waals surface area contributed by atoms with E-state index in [-0.39, 0.29) is 29.3 Å². The summed E-state index contributed by atoms with van der Waals surface area (Å²) in [5.74, 6) is -0.0899. The molecule has 1 fully saturated rings. The average Bonchev–Trinajstić information content (AvgIpc) is 3.29. The van der Waals surface area contributed by atoms with Crippen LogP contribution in [-0.2, 0) is 17.7 Å². The van der Waals surface area contributed by atoms with Gasteiger partial charge in [-0.2, -0.15) is 4.98 Å². The van der Waals surface area contributed by atoms with Crippen molar-refractivity contribution in [3.05, 3.63) is 56.6 Å². The van der Waals surface area contributed by atoms with Crippen LogP contribution in [0.4, 0.5) is 11.6 Å². The molecule has 1 saturated heterocycles. The maximum absolute atomic E-state index is 12.9. The van der Waals surface area contributed by atoms with E-state index in [9.17, 15) is 30.2 Å². The van der Waals surface area contributed by atoms with Crippen LogP contribution in [0.5, 0.6) is 0 Å². The number of anilines is 1. The molecule has 2 aromatic heterocycles. The van der Waals surface area contributed by atoms with Crippen molar-refractivity contribution in [2.24, 2.45) is 0 Å². The number of benzene rings is 1. The van der Waals surface area contributed by atoms with Crippen LogP contribution in [-0.4, -0.2) is 64.3 Å². The first-order chi connectivity index (χ1) is 14.8. The molecule has 1 aliphatic heterocycles. The van der Waals surface area contributed by atoms with Crippen LogP contribution >= 0.6 is 0 Å². The van der Waals surface area contributed by atoms with Crippen molar-refractivity contribution in [2.45, 2.75) is 37.5 Å². The lowest BCUT2D eigenvalue weighted by atomic mass is 10.1. The zero-order valence-corrected chi connectivity index (χ0v) is 16.1. The third-order valence-corrected chi connectivity index (χ3v) is 5.27. The fourth-order valence-corrected chi connectivity index (χ4v) is 3.55. The molecule has 1 aromatic carbocycles. The summed E-state index contributed by atoms with van der Waals surface area (Å²) < 4.78 is 7.99. The highest BCUT2D eigenvalue weighted by Crippen LogP contribution is 2.31. The summed E-state index contributed by atoms with van der Waals surface area (Å²) in [4.78, 5) is 31.4. The van der Waals surface area contributed by atoms with Gasteiger partial charge < -0.3 is 25.8 Å². The number of nitrogen functional groups attached to an aromatic ring is 1. The van der Waals surface area contributed by atoms with Gasteiger partial charge in [0.25, 0.3) is 11.2 Å². The Morgan fingerprint density at radius 1 is 1.23 bits per heavy atom. The fraction of sp³-hybridized carbons (Fsp3) is 0.389. The second-order valence-electron chi connectivity index (χ2n) is 7.15. The third-order valence-electron chi connectivity index (χ3n) is 5.27. The number of nitrogens with two attached hydrogens (primary N) is 1. The molecule has 3 aromatic rings. The molecule has 3 heterocycles. The van der Waals surface area contributed by atoms with Gasteiger partial charge in [0, 0.05) is 18.7 Å². The van der Waals surface area contributed by atoms with Gasteiger partial charge in [-0.1, -0.05) is 12.1 Å². The molecule has 0 aliphatic carbocycles. The van der Waals surface area contributed by atoms with Gasteiger partial charge in [-0.3, -0.25) is 24.0 Å². The molecule has 31 heavy (non-hydrogen) atoms. The summed E-state index contributed by atoms with van der Waals surface area (Å²) in [5.41, 5.74) is 6.29. The second kappa shape index (κ2) is 8.03. The maximum Gasteiger partial charge on any atom is 0.283 e. The van der Waals surface area contributed by atoms with Gasteiger partial charge in [0.15, 0.2) is 17.4 Å². The fourth-order valence-electron chi connectivity index (χ4n) is 3.55. The molecular weight excluding hydrogens is 412 g/mol. The molecule has 0 radical (unpaired) electrons. The van der Waals surface area contributed by atoms with E-state index in [0.717, 1.165) is 5.56 Å². The second-order valence-corrected chi connectivity index (χ2v) is 7.15. The molecule has 1 aliphatic rings. The van der Waals surface area contributed by atoms with E-state index in [4.69, 9.17) is 10.5 Å². The van der Waals surface area contributed by atoms with Crippen molar-refractivity contribution in [1.82, 2.24) is 19.1 Å². The lowest BCUT2D eigenvalue weighted by Crippen LogP contribution is -2.33. The number of non-ortho nitro benzene ring substituents is 1. The van der Waals surface area contributed by atoms with Crippen molar-refractivity contribution in [2.75, 3.05) is 12.3 Å². The van der Waals surface area contributed by atoms with Crippen molar-refractivity contribution in [3.63, 3.8) is 0 Å². The molecule has 0 bridgehead atoms. The number of aryl methyl sites for hydroxylation is 1. The number of aliphatic hydroxyl groups excluding tert-OH is 3. The molecule has 164 valence electrons. The average molecular weight is 432 g/mol. The lowest BCUT2D eigenvalue weighted by Gasteiger charge is -2.17. The summed E-state index contributed by atoms with van der Waals surface area (Å²) >= 11 is 0. The van der Waals surface area contributed by atoms with E-state index in [0.29, 0.717) is 6.42 Å². The number of nitro groups is 1. The number of hydrogen-bond donors (Lipinski definition) is 4. The van der Waals surface area contributed by atoms with Crippen LogP contribution in [0.3, 0.4) is 0 Å². The smallest absolute Gasteiger partial charge is 0.283 e. The number of aliphatic hydroxyl groups is 3. The Hall–Kier alpha value is -3.39. The predicted molar refractivity (Wildman–Crippen MR) is 106 cm³/mol. The number of hydrogen-bond acceptors (Lipinski definition) is 10. The van der Waals surface area contributed by atoms with Crippen molar-refractivity contribution < 1.29 is 25.0 Å². The van der Waals surface area contributed by atoms with Crippen LogP contribution in [0.15, 0.2) is 35.4 Å². The number of aromatic nitrogens is 4. The van der Waals surface area contributed by atoms with Crippen LogP contribution in [0.1, 0.15) is 11.8 Å².